The molecule has 1 heterocycles. The molecule has 0 aliphatic heterocycles. The molecule has 0 aliphatic rings. The fourth-order valence-electron chi connectivity index (χ4n) is 2.11. The highest BCUT2D eigenvalue weighted by atomic mass is 79.9. The van der Waals surface area contributed by atoms with E-state index in [1.165, 1.54) is 0 Å². The van der Waals surface area contributed by atoms with Crippen molar-refractivity contribution in [1.82, 2.24) is 9.55 Å². The molecule has 0 unspecified atom stereocenters. The van der Waals surface area contributed by atoms with E-state index >= 15 is 0 Å². The van der Waals surface area contributed by atoms with Crippen molar-refractivity contribution < 1.29 is 0 Å². The lowest BCUT2D eigenvalue weighted by Gasteiger charge is -2.03. The van der Waals surface area contributed by atoms with Crippen molar-refractivity contribution in [2.75, 3.05) is 5.73 Å². The summed E-state index contributed by atoms with van der Waals surface area (Å²) in [5.41, 5.74) is 9.62. The second-order valence-electron chi connectivity index (χ2n) is 4.22. The van der Waals surface area contributed by atoms with Crippen LogP contribution in [0.2, 0.25) is 0 Å². The average molecular weight is 302 g/mol. The van der Waals surface area contributed by atoms with Gasteiger partial charge in [0, 0.05) is 22.8 Å². The molecule has 0 saturated carbocycles. The topological polar surface area (TPSA) is 43.8 Å². The van der Waals surface area contributed by atoms with Crippen molar-refractivity contribution in [3.05, 3.63) is 46.9 Å². The molecule has 4 heteroatoms. The predicted octanol–water partition coefficient (Wildman–Crippen LogP) is 3.59. The number of aromatic nitrogens is 2. The number of imidazole rings is 1. The number of nitrogen functional groups attached to an aromatic ring is 1. The summed E-state index contributed by atoms with van der Waals surface area (Å²) in [4.78, 5) is 4.67. The molecule has 90 valence electrons. The smallest absolute Gasteiger partial charge is 0.140 e. The monoisotopic (exact) mass is 301 g/mol. The number of hydrogen-bond donors (Lipinski definition) is 1. The standard InChI is InChI=1S/C14H12BrN3/c1-18-13-11(15)3-2-4-12(13)17-14(18)9-5-7-10(16)8-6-9/h2-8H,16H2,1H3. The van der Waals surface area contributed by atoms with Gasteiger partial charge in [0.2, 0.25) is 0 Å². The Kier molecular flexibility index (Phi) is 2.59. The number of nitrogens with zero attached hydrogens (tertiary/aromatic N) is 2. The van der Waals surface area contributed by atoms with Gasteiger partial charge in [-0.1, -0.05) is 6.07 Å². The molecule has 0 aliphatic carbocycles. The molecule has 2 N–H and O–H groups in total. The van der Waals surface area contributed by atoms with Crippen LogP contribution in [-0.4, -0.2) is 9.55 Å². The Morgan fingerprint density at radius 3 is 2.50 bits per heavy atom. The molecule has 0 bridgehead atoms. The van der Waals surface area contributed by atoms with Gasteiger partial charge in [0.15, 0.2) is 0 Å². The van der Waals surface area contributed by atoms with Gasteiger partial charge in [-0.05, 0) is 52.3 Å². The van der Waals surface area contributed by atoms with Gasteiger partial charge in [0.05, 0.1) is 11.0 Å². The average Bonchev–Trinajstić information content (AvgIpc) is 2.69. The number of fused-ring (bicyclic) bond motifs is 1. The number of benzene rings is 2. The maximum atomic E-state index is 5.71. The third-order valence-electron chi connectivity index (χ3n) is 3.01. The summed E-state index contributed by atoms with van der Waals surface area (Å²) >= 11 is 3.56. The largest absolute Gasteiger partial charge is 0.399 e. The summed E-state index contributed by atoms with van der Waals surface area (Å²) in [6.07, 6.45) is 0. The number of nitrogens with two attached hydrogens (primary N) is 1. The second-order valence-corrected chi connectivity index (χ2v) is 5.08. The SMILES string of the molecule is Cn1c(-c2ccc(N)cc2)nc2cccc(Br)c21. The summed E-state index contributed by atoms with van der Waals surface area (Å²) in [7, 11) is 2.02. The minimum absolute atomic E-state index is 0.763. The summed E-state index contributed by atoms with van der Waals surface area (Å²) in [5, 5.41) is 0. The minimum atomic E-state index is 0.763. The van der Waals surface area contributed by atoms with Gasteiger partial charge in [0.1, 0.15) is 5.82 Å². The highest BCUT2D eigenvalue weighted by Gasteiger charge is 2.11. The molecule has 2 aromatic carbocycles. The van der Waals surface area contributed by atoms with E-state index < -0.39 is 0 Å². The van der Waals surface area contributed by atoms with Crippen molar-refractivity contribution in [1.29, 1.82) is 0 Å². The quantitative estimate of drug-likeness (QED) is 0.698. The third kappa shape index (κ3) is 1.69. The fraction of sp³-hybridized carbons (Fsp3) is 0.0714. The van der Waals surface area contributed by atoms with E-state index in [0.29, 0.717) is 0 Å². The van der Waals surface area contributed by atoms with Crippen molar-refractivity contribution >= 4 is 32.7 Å². The van der Waals surface area contributed by atoms with E-state index in [0.717, 1.165) is 32.6 Å². The second kappa shape index (κ2) is 4.14. The summed E-state index contributed by atoms with van der Waals surface area (Å²) in [5.74, 6) is 0.942. The van der Waals surface area contributed by atoms with E-state index in [4.69, 9.17) is 5.73 Å². The first kappa shape index (κ1) is 11.3. The van der Waals surface area contributed by atoms with Crippen LogP contribution in [-0.2, 0) is 7.05 Å². The number of para-hydroxylation sites is 1. The molecule has 0 radical (unpaired) electrons. The Balaban J connectivity index is 2.27. The molecule has 0 saturated heterocycles. The van der Waals surface area contributed by atoms with Crippen LogP contribution >= 0.6 is 15.9 Å². The summed E-state index contributed by atoms with van der Waals surface area (Å²) in [6.45, 7) is 0. The minimum Gasteiger partial charge on any atom is -0.399 e. The lowest BCUT2D eigenvalue weighted by atomic mass is 10.2. The van der Waals surface area contributed by atoms with Crippen LogP contribution in [0.3, 0.4) is 0 Å². The Morgan fingerprint density at radius 2 is 1.83 bits per heavy atom. The summed E-state index contributed by atoms with van der Waals surface area (Å²) < 4.78 is 3.14. The first-order valence-corrected chi connectivity index (χ1v) is 6.43. The highest BCUT2D eigenvalue weighted by Crippen LogP contribution is 2.28. The number of anilines is 1. The first-order chi connectivity index (χ1) is 8.66. The van der Waals surface area contributed by atoms with E-state index in [-0.39, 0.29) is 0 Å². The van der Waals surface area contributed by atoms with Crippen LogP contribution in [0, 0.1) is 0 Å². The fourth-order valence-corrected chi connectivity index (χ4v) is 2.73. The van der Waals surface area contributed by atoms with E-state index in [2.05, 4.69) is 25.5 Å². The van der Waals surface area contributed by atoms with E-state index in [1.54, 1.807) is 0 Å². The molecular formula is C14H12BrN3. The molecule has 0 fully saturated rings. The lowest BCUT2D eigenvalue weighted by Crippen LogP contribution is -1.93. The van der Waals surface area contributed by atoms with Crippen LogP contribution in [0.4, 0.5) is 5.69 Å². The molecular weight excluding hydrogens is 290 g/mol. The first-order valence-electron chi connectivity index (χ1n) is 5.63. The van der Waals surface area contributed by atoms with Crippen molar-refractivity contribution in [2.45, 2.75) is 0 Å². The van der Waals surface area contributed by atoms with Gasteiger partial charge < -0.3 is 10.3 Å². The maximum absolute atomic E-state index is 5.71. The Hall–Kier alpha value is -1.81. The van der Waals surface area contributed by atoms with Gasteiger partial charge in [0.25, 0.3) is 0 Å². The zero-order chi connectivity index (χ0) is 12.7. The number of rotatable bonds is 1. The van der Waals surface area contributed by atoms with Gasteiger partial charge in [-0.25, -0.2) is 4.98 Å². The Morgan fingerprint density at radius 1 is 1.11 bits per heavy atom. The van der Waals surface area contributed by atoms with E-state index in [9.17, 15) is 0 Å². The number of halogens is 1. The van der Waals surface area contributed by atoms with Crippen LogP contribution < -0.4 is 5.73 Å². The molecule has 0 atom stereocenters. The molecule has 3 nitrogen and oxygen atoms in total. The normalized spacial score (nSPS) is 11.0. The lowest BCUT2D eigenvalue weighted by molar-refractivity contribution is 0.957. The number of aryl methyl sites for hydroxylation is 1. The Bertz CT molecular complexity index is 714. The molecule has 0 amide bonds. The zero-order valence-electron chi connectivity index (χ0n) is 9.89. The third-order valence-corrected chi connectivity index (χ3v) is 3.65. The van der Waals surface area contributed by atoms with Crippen molar-refractivity contribution in [2.24, 2.45) is 7.05 Å². The van der Waals surface area contributed by atoms with Crippen LogP contribution in [0.15, 0.2) is 46.9 Å². The number of hydrogen-bond acceptors (Lipinski definition) is 2. The van der Waals surface area contributed by atoms with Gasteiger partial charge in [-0.2, -0.15) is 0 Å². The molecule has 3 aromatic rings. The predicted molar refractivity (Wildman–Crippen MR) is 78.3 cm³/mol. The summed E-state index contributed by atoms with van der Waals surface area (Å²) in [6, 6.07) is 13.8. The van der Waals surface area contributed by atoms with Gasteiger partial charge in [-0.15, -0.1) is 0 Å². The zero-order valence-corrected chi connectivity index (χ0v) is 11.5. The molecule has 18 heavy (non-hydrogen) atoms. The molecule has 0 spiro atoms. The van der Waals surface area contributed by atoms with Crippen molar-refractivity contribution in [3.8, 4) is 11.4 Å². The van der Waals surface area contributed by atoms with Gasteiger partial charge in [-0.3, -0.25) is 0 Å². The molecule has 3 rings (SSSR count). The van der Waals surface area contributed by atoms with E-state index in [1.807, 2.05) is 49.5 Å². The van der Waals surface area contributed by atoms with Crippen LogP contribution in [0.5, 0.6) is 0 Å². The highest BCUT2D eigenvalue weighted by molar-refractivity contribution is 9.10. The van der Waals surface area contributed by atoms with Crippen LogP contribution in [0.25, 0.3) is 22.4 Å². The Labute approximate surface area is 113 Å². The van der Waals surface area contributed by atoms with Crippen molar-refractivity contribution in [3.63, 3.8) is 0 Å². The van der Waals surface area contributed by atoms with Crippen LogP contribution in [0.1, 0.15) is 0 Å². The molecule has 1 aromatic heterocycles. The maximum Gasteiger partial charge on any atom is 0.140 e. The van der Waals surface area contributed by atoms with Gasteiger partial charge >= 0.3 is 0 Å².